The quantitative estimate of drug-likeness (QED) is 0.931. The van der Waals surface area contributed by atoms with Gasteiger partial charge in [0.2, 0.25) is 0 Å². The van der Waals surface area contributed by atoms with Gasteiger partial charge >= 0.3 is 0 Å². The van der Waals surface area contributed by atoms with Crippen molar-refractivity contribution >= 4 is 5.91 Å². The van der Waals surface area contributed by atoms with Crippen LogP contribution in [-0.4, -0.2) is 27.6 Å². The second kappa shape index (κ2) is 4.50. The average Bonchev–Trinajstić information content (AvgIpc) is 3.12. The van der Waals surface area contributed by atoms with E-state index in [0.717, 1.165) is 18.9 Å². The van der Waals surface area contributed by atoms with E-state index in [0.29, 0.717) is 5.56 Å². The van der Waals surface area contributed by atoms with Gasteiger partial charge in [0.15, 0.2) is 11.6 Å². The maximum Gasteiger partial charge on any atom is 0.255 e. The molecule has 0 spiro atoms. The van der Waals surface area contributed by atoms with E-state index >= 15 is 0 Å². The zero-order valence-electron chi connectivity index (χ0n) is 12.4. The van der Waals surface area contributed by atoms with E-state index in [2.05, 4.69) is 0 Å². The molecule has 0 bridgehead atoms. The van der Waals surface area contributed by atoms with E-state index in [-0.39, 0.29) is 35.5 Å². The highest BCUT2D eigenvalue weighted by Crippen LogP contribution is 2.43. The zero-order valence-corrected chi connectivity index (χ0v) is 12.4. The van der Waals surface area contributed by atoms with Gasteiger partial charge in [-0.15, -0.1) is 0 Å². The molecule has 1 aliphatic carbocycles. The van der Waals surface area contributed by atoms with Crippen molar-refractivity contribution in [1.29, 1.82) is 0 Å². The molecule has 1 aliphatic heterocycles. The predicted octanol–water partition coefficient (Wildman–Crippen LogP) is 2.78. The number of benzene rings is 1. The summed E-state index contributed by atoms with van der Waals surface area (Å²) in [4.78, 5) is 14.2. The molecule has 3 nitrogen and oxygen atoms in total. The average molecular weight is 295 g/mol. The summed E-state index contributed by atoms with van der Waals surface area (Å²) in [6.07, 6.45) is 1.94. The number of hydrogen-bond donors (Lipinski definition) is 1. The summed E-state index contributed by atoms with van der Waals surface area (Å²) in [5.74, 6) is -1.93. The van der Waals surface area contributed by atoms with Crippen LogP contribution in [0.2, 0.25) is 0 Å². The van der Waals surface area contributed by atoms with Crippen LogP contribution in [0.25, 0.3) is 0 Å². The monoisotopic (exact) mass is 295 g/mol. The van der Waals surface area contributed by atoms with Gasteiger partial charge in [-0.1, -0.05) is 0 Å². The Labute approximate surface area is 122 Å². The van der Waals surface area contributed by atoms with E-state index in [1.807, 2.05) is 0 Å². The van der Waals surface area contributed by atoms with Gasteiger partial charge in [0.05, 0.1) is 17.2 Å². The third-order valence-corrected chi connectivity index (χ3v) is 4.48. The number of halogens is 2. The first-order chi connectivity index (χ1) is 9.71. The van der Waals surface area contributed by atoms with E-state index in [1.165, 1.54) is 6.92 Å². The van der Waals surface area contributed by atoms with E-state index in [1.54, 1.807) is 18.7 Å². The summed E-state index contributed by atoms with van der Waals surface area (Å²) in [5.41, 5.74) is -0.220. The molecular weight excluding hydrogens is 276 g/mol. The molecule has 114 valence electrons. The van der Waals surface area contributed by atoms with Gasteiger partial charge in [0.25, 0.3) is 5.91 Å². The van der Waals surface area contributed by atoms with Crippen molar-refractivity contribution in [2.75, 3.05) is 0 Å². The number of fused-ring (bicyclic) bond motifs is 1. The van der Waals surface area contributed by atoms with Gasteiger partial charge in [0.1, 0.15) is 0 Å². The lowest BCUT2D eigenvalue weighted by Crippen LogP contribution is -2.51. The highest BCUT2D eigenvalue weighted by molar-refractivity contribution is 6.00. The van der Waals surface area contributed by atoms with Crippen molar-refractivity contribution in [1.82, 2.24) is 4.90 Å². The molecule has 5 heteroatoms. The van der Waals surface area contributed by atoms with Crippen LogP contribution in [-0.2, 0) is 6.54 Å². The summed E-state index contributed by atoms with van der Waals surface area (Å²) >= 11 is 0. The van der Waals surface area contributed by atoms with Crippen LogP contribution in [0.1, 0.15) is 48.2 Å². The Morgan fingerprint density at radius 3 is 2.52 bits per heavy atom. The van der Waals surface area contributed by atoms with Crippen molar-refractivity contribution in [2.24, 2.45) is 5.92 Å². The summed E-state index contributed by atoms with van der Waals surface area (Å²) in [6.45, 7) is 5.02. The third-order valence-electron chi connectivity index (χ3n) is 4.48. The number of hydrogen-bond acceptors (Lipinski definition) is 2. The summed E-state index contributed by atoms with van der Waals surface area (Å²) in [6, 6.07) is 0.784. The Morgan fingerprint density at radius 1 is 1.38 bits per heavy atom. The molecule has 1 saturated carbocycles. The second-order valence-electron chi connectivity index (χ2n) is 6.70. The fourth-order valence-corrected chi connectivity index (χ4v) is 3.49. The molecule has 1 aromatic rings. The molecular formula is C16H19F2NO2. The topological polar surface area (TPSA) is 40.5 Å². The standard InChI is InChI=1S/C16H19F2NO2/c1-8-12-10(6-11(17)13(8)18)7-19(15(12)20)14(9-4-5-9)16(2,3)21/h6,9,14,21H,4-5,7H2,1-3H3. The van der Waals surface area contributed by atoms with Crippen LogP contribution in [0.3, 0.4) is 0 Å². The molecule has 0 saturated heterocycles. The summed E-state index contributed by atoms with van der Waals surface area (Å²) in [7, 11) is 0. The smallest absolute Gasteiger partial charge is 0.255 e. The molecule has 1 fully saturated rings. The van der Waals surface area contributed by atoms with Crippen LogP contribution in [0.15, 0.2) is 6.07 Å². The number of amides is 1. The first-order valence-electron chi connectivity index (χ1n) is 7.22. The second-order valence-corrected chi connectivity index (χ2v) is 6.70. The molecule has 2 aliphatic rings. The van der Waals surface area contributed by atoms with Gasteiger partial charge in [-0.25, -0.2) is 8.78 Å². The Morgan fingerprint density at radius 2 is 2.00 bits per heavy atom. The van der Waals surface area contributed by atoms with Crippen LogP contribution in [0.5, 0.6) is 0 Å². The molecule has 1 amide bonds. The van der Waals surface area contributed by atoms with E-state index in [9.17, 15) is 18.7 Å². The first kappa shape index (κ1) is 14.4. The van der Waals surface area contributed by atoms with Crippen LogP contribution < -0.4 is 0 Å². The highest BCUT2D eigenvalue weighted by Gasteiger charge is 2.48. The van der Waals surface area contributed by atoms with Crippen LogP contribution in [0.4, 0.5) is 8.78 Å². The van der Waals surface area contributed by atoms with Gasteiger partial charge < -0.3 is 10.0 Å². The Balaban J connectivity index is 2.02. The first-order valence-corrected chi connectivity index (χ1v) is 7.22. The van der Waals surface area contributed by atoms with Crippen LogP contribution >= 0.6 is 0 Å². The van der Waals surface area contributed by atoms with Crippen molar-refractivity contribution in [3.8, 4) is 0 Å². The zero-order chi connectivity index (χ0) is 15.5. The van der Waals surface area contributed by atoms with Gasteiger partial charge in [0, 0.05) is 12.1 Å². The highest BCUT2D eigenvalue weighted by atomic mass is 19.2. The van der Waals surface area contributed by atoms with Crippen molar-refractivity contribution in [2.45, 2.75) is 51.8 Å². The Kier molecular flexibility index (Phi) is 3.10. The molecule has 1 aromatic carbocycles. The largest absolute Gasteiger partial charge is 0.388 e. The lowest BCUT2D eigenvalue weighted by Gasteiger charge is -2.37. The van der Waals surface area contributed by atoms with Gasteiger partial charge in [-0.2, -0.15) is 0 Å². The lowest BCUT2D eigenvalue weighted by atomic mass is 9.93. The van der Waals surface area contributed by atoms with Crippen LogP contribution in [0, 0.1) is 24.5 Å². The molecule has 1 unspecified atom stereocenters. The maximum atomic E-state index is 13.7. The molecule has 1 atom stereocenters. The minimum Gasteiger partial charge on any atom is -0.388 e. The number of nitrogens with zero attached hydrogens (tertiary/aromatic N) is 1. The predicted molar refractivity (Wildman–Crippen MR) is 73.8 cm³/mol. The van der Waals surface area contributed by atoms with Crippen molar-refractivity contribution < 1.29 is 18.7 Å². The molecule has 1 heterocycles. The fourth-order valence-electron chi connectivity index (χ4n) is 3.49. The number of aliphatic hydroxyl groups is 1. The van der Waals surface area contributed by atoms with Gasteiger partial charge in [-0.3, -0.25) is 4.79 Å². The van der Waals surface area contributed by atoms with Crippen molar-refractivity contribution in [3.63, 3.8) is 0 Å². The molecule has 3 rings (SSSR count). The number of rotatable bonds is 3. The number of carbonyl (C=O) groups excluding carboxylic acids is 1. The van der Waals surface area contributed by atoms with E-state index < -0.39 is 17.2 Å². The summed E-state index contributed by atoms with van der Waals surface area (Å²) in [5, 5.41) is 10.4. The van der Waals surface area contributed by atoms with Crippen molar-refractivity contribution in [3.05, 3.63) is 34.4 Å². The lowest BCUT2D eigenvalue weighted by molar-refractivity contribution is -0.0224. The molecule has 0 aromatic heterocycles. The Bertz CT molecular complexity index is 618. The minimum absolute atomic E-state index is 0.0581. The van der Waals surface area contributed by atoms with Gasteiger partial charge in [-0.05, 0) is 51.2 Å². The Hall–Kier alpha value is -1.49. The molecule has 21 heavy (non-hydrogen) atoms. The third kappa shape index (κ3) is 2.24. The van der Waals surface area contributed by atoms with E-state index in [4.69, 9.17) is 0 Å². The maximum absolute atomic E-state index is 13.7. The number of carbonyl (C=O) groups is 1. The molecule has 1 N–H and O–H groups in total. The molecule has 0 radical (unpaired) electrons. The summed E-state index contributed by atoms with van der Waals surface area (Å²) < 4.78 is 27.2. The SMILES string of the molecule is Cc1c(F)c(F)cc2c1C(=O)N(C(C1CC1)C(C)(C)O)C2. The fraction of sp³-hybridized carbons (Fsp3) is 0.562. The normalized spacial score (nSPS) is 19.9. The minimum atomic E-state index is -1.04.